The van der Waals surface area contributed by atoms with Gasteiger partial charge in [0.1, 0.15) is 5.75 Å². The van der Waals surface area contributed by atoms with E-state index in [1.54, 1.807) is 23.8 Å². The SMILES string of the molecule is COc1ccccc1-c1n[nH]c(=S)n1-c1ccc(Cl)c(Cl)c1. The molecule has 22 heavy (non-hydrogen) atoms. The number of halogens is 2. The van der Waals surface area contributed by atoms with E-state index in [0.717, 1.165) is 11.3 Å². The third-order valence-corrected chi connectivity index (χ3v) is 4.19. The molecule has 0 bridgehead atoms. The molecule has 0 radical (unpaired) electrons. The van der Waals surface area contributed by atoms with Crippen LogP contribution in [-0.4, -0.2) is 21.9 Å². The zero-order chi connectivity index (χ0) is 15.7. The van der Waals surface area contributed by atoms with Gasteiger partial charge in [-0.2, -0.15) is 5.10 Å². The van der Waals surface area contributed by atoms with Gasteiger partial charge in [-0.15, -0.1) is 0 Å². The van der Waals surface area contributed by atoms with Crippen molar-refractivity contribution in [3.8, 4) is 22.8 Å². The second-order valence-electron chi connectivity index (χ2n) is 4.49. The number of aromatic amines is 1. The first-order chi connectivity index (χ1) is 10.6. The molecule has 0 saturated carbocycles. The van der Waals surface area contributed by atoms with Crippen molar-refractivity contribution in [3.05, 3.63) is 57.3 Å². The molecule has 7 heteroatoms. The van der Waals surface area contributed by atoms with Crippen molar-refractivity contribution in [2.24, 2.45) is 0 Å². The molecular formula is C15H11Cl2N3OS. The largest absolute Gasteiger partial charge is 0.496 e. The van der Waals surface area contributed by atoms with Gasteiger partial charge in [0.05, 0.1) is 28.4 Å². The second kappa shape index (κ2) is 6.12. The van der Waals surface area contributed by atoms with E-state index in [2.05, 4.69) is 10.2 Å². The number of hydrogen-bond acceptors (Lipinski definition) is 3. The monoisotopic (exact) mass is 351 g/mol. The van der Waals surface area contributed by atoms with Gasteiger partial charge >= 0.3 is 0 Å². The van der Waals surface area contributed by atoms with E-state index in [1.807, 2.05) is 30.3 Å². The Hall–Kier alpha value is -1.82. The van der Waals surface area contributed by atoms with E-state index >= 15 is 0 Å². The molecular weight excluding hydrogens is 341 g/mol. The fraction of sp³-hybridized carbons (Fsp3) is 0.0667. The van der Waals surface area contributed by atoms with E-state index in [0.29, 0.717) is 26.4 Å². The van der Waals surface area contributed by atoms with Gasteiger partial charge in [-0.1, -0.05) is 35.3 Å². The van der Waals surface area contributed by atoms with Crippen LogP contribution in [0.5, 0.6) is 5.75 Å². The summed E-state index contributed by atoms with van der Waals surface area (Å²) in [6, 6.07) is 12.9. The maximum Gasteiger partial charge on any atom is 0.200 e. The van der Waals surface area contributed by atoms with E-state index in [4.69, 9.17) is 40.2 Å². The molecule has 2 aromatic carbocycles. The highest BCUT2D eigenvalue weighted by Crippen LogP contribution is 2.31. The van der Waals surface area contributed by atoms with Crippen LogP contribution in [-0.2, 0) is 0 Å². The van der Waals surface area contributed by atoms with E-state index < -0.39 is 0 Å². The Balaban J connectivity index is 2.24. The molecule has 0 atom stereocenters. The summed E-state index contributed by atoms with van der Waals surface area (Å²) in [5.74, 6) is 1.35. The Bertz CT molecular complexity index is 888. The van der Waals surface area contributed by atoms with Gasteiger partial charge in [0, 0.05) is 0 Å². The van der Waals surface area contributed by atoms with Gasteiger partial charge in [-0.25, -0.2) is 0 Å². The number of methoxy groups -OCH3 is 1. The third kappa shape index (κ3) is 2.63. The number of aromatic nitrogens is 3. The van der Waals surface area contributed by atoms with Gasteiger partial charge < -0.3 is 4.74 Å². The summed E-state index contributed by atoms with van der Waals surface area (Å²) in [6.45, 7) is 0. The van der Waals surface area contributed by atoms with Crippen LogP contribution in [0, 0.1) is 4.77 Å². The van der Waals surface area contributed by atoms with Gasteiger partial charge in [-0.05, 0) is 42.5 Å². The average molecular weight is 352 g/mol. The van der Waals surface area contributed by atoms with Crippen LogP contribution in [0.3, 0.4) is 0 Å². The smallest absolute Gasteiger partial charge is 0.200 e. The van der Waals surface area contributed by atoms with Crippen LogP contribution in [0.25, 0.3) is 17.1 Å². The topological polar surface area (TPSA) is 42.8 Å². The van der Waals surface area contributed by atoms with E-state index in [1.165, 1.54) is 0 Å². The molecule has 1 heterocycles. The van der Waals surface area contributed by atoms with Crippen LogP contribution in [0.15, 0.2) is 42.5 Å². The minimum absolute atomic E-state index is 0.452. The molecule has 112 valence electrons. The van der Waals surface area contributed by atoms with E-state index in [9.17, 15) is 0 Å². The van der Waals surface area contributed by atoms with Gasteiger partial charge in [0.25, 0.3) is 0 Å². The first-order valence-electron chi connectivity index (χ1n) is 6.38. The summed E-state index contributed by atoms with van der Waals surface area (Å²) in [5, 5.41) is 8.05. The first-order valence-corrected chi connectivity index (χ1v) is 7.54. The van der Waals surface area contributed by atoms with Crippen molar-refractivity contribution >= 4 is 35.4 Å². The lowest BCUT2D eigenvalue weighted by atomic mass is 10.2. The molecule has 0 fully saturated rings. The molecule has 4 nitrogen and oxygen atoms in total. The molecule has 0 aliphatic heterocycles. The van der Waals surface area contributed by atoms with Crippen LogP contribution in [0.4, 0.5) is 0 Å². The van der Waals surface area contributed by atoms with Crippen molar-refractivity contribution in [2.75, 3.05) is 7.11 Å². The second-order valence-corrected chi connectivity index (χ2v) is 5.69. The van der Waals surface area contributed by atoms with Crippen molar-refractivity contribution in [1.29, 1.82) is 0 Å². The lowest BCUT2D eigenvalue weighted by Crippen LogP contribution is -1.99. The zero-order valence-electron chi connectivity index (χ0n) is 11.5. The lowest BCUT2D eigenvalue weighted by molar-refractivity contribution is 0.416. The zero-order valence-corrected chi connectivity index (χ0v) is 13.8. The van der Waals surface area contributed by atoms with Crippen LogP contribution >= 0.6 is 35.4 Å². The molecule has 0 unspecified atom stereocenters. The van der Waals surface area contributed by atoms with Gasteiger partial charge in [0.15, 0.2) is 10.6 Å². The standard InChI is InChI=1S/C15H11Cl2N3OS/c1-21-13-5-3-2-4-10(13)14-18-19-15(22)20(14)9-6-7-11(16)12(17)8-9/h2-8H,1H3,(H,19,22). The Morgan fingerprint density at radius 1 is 1.14 bits per heavy atom. The maximum absolute atomic E-state index is 6.11. The fourth-order valence-electron chi connectivity index (χ4n) is 2.17. The summed E-state index contributed by atoms with van der Waals surface area (Å²) in [5.41, 5.74) is 1.59. The molecule has 1 N–H and O–H groups in total. The number of para-hydroxylation sites is 1. The highest BCUT2D eigenvalue weighted by Gasteiger charge is 2.15. The number of hydrogen-bond donors (Lipinski definition) is 1. The highest BCUT2D eigenvalue weighted by molar-refractivity contribution is 7.71. The lowest BCUT2D eigenvalue weighted by Gasteiger charge is -2.10. The summed E-state index contributed by atoms with van der Waals surface area (Å²) < 4.78 is 7.64. The molecule has 0 saturated heterocycles. The molecule has 0 amide bonds. The number of benzene rings is 2. The summed E-state index contributed by atoms with van der Waals surface area (Å²) in [7, 11) is 1.61. The third-order valence-electron chi connectivity index (χ3n) is 3.18. The Morgan fingerprint density at radius 2 is 1.91 bits per heavy atom. The molecule has 3 rings (SSSR count). The van der Waals surface area contributed by atoms with Crippen molar-refractivity contribution in [3.63, 3.8) is 0 Å². The first kappa shape index (κ1) is 15.1. The number of ether oxygens (including phenoxy) is 1. The Kier molecular flexibility index (Phi) is 4.20. The molecule has 0 aliphatic rings. The summed E-state index contributed by atoms with van der Waals surface area (Å²) >= 11 is 17.4. The van der Waals surface area contributed by atoms with Crippen molar-refractivity contribution < 1.29 is 4.74 Å². The highest BCUT2D eigenvalue weighted by atomic mass is 35.5. The van der Waals surface area contributed by atoms with Crippen LogP contribution in [0.2, 0.25) is 10.0 Å². The number of rotatable bonds is 3. The number of H-pyrrole nitrogens is 1. The van der Waals surface area contributed by atoms with Crippen LogP contribution < -0.4 is 4.74 Å². The quantitative estimate of drug-likeness (QED) is 0.681. The average Bonchev–Trinajstić information content (AvgIpc) is 2.91. The Morgan fingerprint density at radius 3 is 2.64 bits per heavy atom. The molecule has 1 aromatic heterocycles. The maximum atomic E-state index is 6.11. The van der Waals surface area contributed by atoms with Gasteiger partial charge in [0.2, 0.25) is 0 Å². The number of nitrogens with one attached hydrogen (secondary N) is 1. The minimum Gasteiger partial charge on any atom is -0.496 e. The van der Waals surface area contributed by atoms with E-state index in [-0.39, 0.29) is 0 Å². The predicted octanol–water partition coefficient (Wildman–Crippen LogP) is 4.91. The minimum atomic E-state index is 0.452. The van der Waals surface area contributed by atoms with Gasteiger partial charge in [-0.3, -0.25) is 9.67 Å². The molecule has 3 aromatic rings. The fourth-order valence-corrected chi connectivity index (χ4v) is 2.70. The van der Waals surface area contributed by atoms with Crippen molar-refractivity contribution in [2.45, 2.75) is 0 Å². The van der Waals surface area contributed by atoms with Crippen LogP contribution in [0.1, 0.15) is 0 Å². The predicted molar refractivity (Wildman–Crippen MR) is 90.8 cm³/mol. The molecule has 0 spiro atoms. The summed E-state index contributed by atoms with van der Waals surface area (Å²) in [4.78, 5) is 0. The van der Waals surface area contributed by atoms with Crippen molar-refractivity contribution in [1.82, 2.24) is 14.8 Å². The normalized spacial score (nSPS) is 10.7. The molecule has 0 aliphatic carbocycles. The number of nitrogens with zero attached hydrogens (tertiary/aromatic N) is 2. The Labute approximate surface area is 142 Å². The summed E-state index contributed by atoms with van der Waals surface area (Å²) in [6.07, 6.45) is 0.